The first-order valence-corrected chi connectivity index (χ1v) is 13.4. The number of ether oxygens (including phenoxy) is 2. The summed E-state index contributed by atoms with van der Waals surface area (Å²) in [6, 6.07) is 0. The summed E-state index contributed by atoms with van der Waals surface area (Å²) in [5.74, 6) is 0.252. The minimum atomic E-state index is -4.01. The van der Waals surface area contributed by atoms with E-state index in [-0.39, 0.29) is 18.5 Å². The van der Waals surface area contributed by atoms with Gasteiger partial charge in [-0.2, -0.15) is 8.78 Å². The minimum Gasteiger partial charge on any atom is -0.460 e. The number of alkyl halides is 2. The van der Waals surface area contributed by atoms with Crippen LogP contribution in [0.15, 0.2) is 0 Å². The van der Waals surface area contributed by atoms with Crippen molar-refractivity contribution < 1.29 is 42.5 Å². The third-order valence-electron chi connectivity index (χ3n) is 9.23. The van der Waals surface area contributed by atoms with E-state index >= 15 is 0 Å². The zero-order valence-electron chi connectivity index (χ0n) is 19.3. The van der Waals surface area contributed by atoms with E-state index in [2.05, 4.69) is 9.37 Å². The lowest BCUT2D eigenvalue weighted by atomic mass is 9.48. The Kier molecular flexibility index (Phi) is 6.89. The van der Waals surface area contributed by atoms with Gasteiger partial charge in [0.05, 0.1) is 12.5 Å². The molecule has 6 saturated carbocycles. The number of hydrogen-bond donors (Lipinski definition) is 1. The second kappa shape index (κ2) is 9.48. The molecule has 5 unspecified atom stereocenters. The van der Waals surface area contributed by atoms with Gasteiger partial charge in [0.15, 0.2) is 0 Å². The highest BCUT2D eigenvalue weighted by Gasteiger charge is 2.60. The summed E-state index contributed by atoms with van der Waals surface area (Å²) >= 11 is -0.614. The number of hydrogen-bond acceptors (Lipinski definition) is 8. The predicted octanol–water partition coefficient (Wildman–Crippen LogP) is 5.68. The van der Waals surface area contributed by atoms with Gasteiger partial charge < -0.3 is 9.47 Å². The molecule has 0 aliphatic heterocycles. The molecular formula is C24H34F2O7S. The number of esters is 2. The summed E-state index contributed by atoms with van der Waals surface area (Å²) in [6.45, 7) is -0.137. The third-order valence-corrected chi connectivity index (χ3v) is 9.74. The van der Waals surface area contributed by atoms with Gasteiger partial charge >= 0.3 is 17.2 Å². The zero-order chi connectivity index (χ0) is 24.0. The molecule has 6 aliphatic rings. The Balaban J connectivity index is 1.22. The smallest absolute Gasteiger partial charge is 0.415 e. The van der Waals surface area contributed by atoms with Gasteiger partial charge in [0.2, 0.25) is 0 Å². The molecule has 6 rings (SSSR count). The van der Waals surface area contributed by atoms with Crippen molar-refractivity contribution >= 4 is 24.0 Å². The van der Waals surface area contributed by atoms with Crippen LogP contribution in [0.4, 0.5) is 8.78 Å². The number of halogens is 2. The summed E-state index contributed by atoms with van der Waals surface area (Å²) in [7, 11) is 0. The van der Waals surface area contributed by atoms with Gasteiger partial charge in [-0.05, 0) is 81.5 Å². The Hall–Kier alpha value is -0.970. The first kappa shape index (κ1) is 24.7. The van der Waals surface area contributed by atoms with E-state index in [0.29, 0.717) is 24.2 Å². The molecule has 0 heterocycles. The van der Waals surface area contributed by atoms with Crippen molar-refractivity contribution in [2.24, 2.45) is 35.0 Å². The van der Waals surface area contributed by atoms with Crippen molar-refractivity contribution in [1.29, 1.82) is 0 Å². The van der Waals surface area contributed by atoms with Crippen LogP contribution in [0, 0.1) is 35.0 Å². The van der Waals surface area contributed by atoms with Crippen LogP contribution >= 0.6 is 12.0 Å². The summed E-state index contributed by atoms with van der Waals surface area (Å²) < 4.78 is 42.8. The minimum absolute atomic E-state index is 0.0365. The first-order chi connectivity index (χ1) is 16.2. The molecule has 0 saturated heterocycles. The lowest BCUT2D eigenvalue weighted by Crippen LogP contribution is -2.59. The molecule has 7 nitrogen and oxygen atoms in total. The average Bonchev–Trinajstić information content (AvgIpc) is 2.79. The fraction of sp³-hybridized carbons (Fsp3) is 0.917. The average molecular weight is 505 g/mol. The van der Waals surface area contributed by atoms with Gasteiger partial charge in [-0.15, -0.1) is 4.33 Å². The van der Waals surface area contributed by atoms with Crippen molar-refractivity contribution in [3.8, 4) is 0 Å². The second-order valence-electron chi connectivity index (χ2n) is 11.7. The van der Waals surface area contributed by atoms with Gasteiger partial charge in [0.25, 0.3) is 0 Å². The Morgan fingerprint density at radius 3 is 2.38 bits per heavy atom. The SMILES string of the molecule is O=C(OC12CC3CC(CC(COC(=O)C(F)(F)SOOO)(C3)C1)C2)C1CCC2CCCCC2C1. The van der Waals surface area contributed by atoms with Crippen LogP contribution in [0.5, 0.6) is 0 Å². The quantitative estimate of drug-likeness (QED) is 0.195. The van der Waals surface area contributed by atoms with E-state index < -0.39 is 34.3 Å². The molecular weight excluding hydrogens is 470 g/mol. The number of rotatable bonds is 8. The molecule has 6 aliphatic carbocycles. The molecule has 0 aromatic rings. The van der Waals surface area contributed by atoms with Crippen molar-refractivity contribution in [2.75, 3.05) is 6.61 Å². The monoisotopic (exact) mass is 504 g/mol. The fourth-order valence-corrected chi connectivity index (χ4v) is 8.67. The number of fused-ring (bicyclic) bond motifs is 1. The highest BCUT2D eigenvalue weighted by molar-refractivity contribution is 7.96. The Bertz CT molecular complexity index is 779. The molecule has 1 N–H and O–H groups in total. The predicted molar refractivity (Wildman–Crippen MR) is 117 cm³/mol. The van der Waals surface area contributed by atoms with Crippen LogP contribution < -0.4 is 0 Å². The standard InChI is InChI=1S/C24H34F2O7S/c25-24(26,34-33-32-29)21(28)30-14-22-9-15-7-16(10-22)12-23(11-15,13-22)31-20(27)19-6-5-17-3-1-2-4-18(17)8-19/h15-19,29H,1-14H2. The molecule has 34 heavy (non-hydrogen) atoms. The normalized spacial score (nSPS) is 41.1. The van der Waals surface area contributed by atoms with Gasteiger partial charge in [-0.3, -0.25) is 4.79 Å². The molecule has 5 atom stereocenters. The lowest BCUT2D eigenvalue weighted by molar-refractivity contribution is -0.433. The van der Waals surface area contributed by atoms with E-state index in [9.17, 15) is 18.4 Å². The maximum absolute atomic E-state index is 13.8. The van der Waals surface area contributed by atoms with Gasteiger partial charge in [0.1, 0.15) is 17.6 Å². The molecule has 6 fully saturated rings. The summed E-state index contributed by atoms with van der Waals surface area (Å²) in [6.07, 6.45) is 12.8. The van der Waals surface area contributed by atoms with E-state index in [1.807, 2.05) is 0 Å². The molecule has 0 aromatic heterocycles. The summed E-state index contributed by atoms with van der Waals surface area (Å²) in [5, 5.41) is 7.23. The summed E-state index contributed by atoms with van der Waals surface area (Å²) in [4.78, 5) is 25.3. The number of carbonyl (C=O) groups excluding carboxylic acids is 2. The van der Waals surface area contributed by atoms with E-state index in [0.717, 1.165) is 57.3 Å². The Labute approximate surface area is 202 Å². The van der Waals surface area contributed by atoms with E-state index in [1.54, 1.807) is 0 Å². The van der Waals surface area contributed by atoms with Gasteiger partial charge in [0, 0.05) is 5.41 Å². The number of carbonyl (C=O) groups is 2. The molecule has 4 bridgehead atoms. The molecule has 0 aromatic carbocycles. The van der Waals surface area contributed by atoms with Gasteiger partial charge in [-0.1, -0.05) is 30.7 Å². The Morgan fingerprint density at radius 1 is 0.971 bits per heavy atom. The van der Waals surface area contributed by atoms with Gasteiger partial charge in [-0.25, -0.2) is 10.1 Å². The molecule has 0 spiro atoms. The van der Waals surface area contributed by atoms with Crippen LogP contribution in [0.2, 0.25) is 0 Å². The first-order valence-electron chi connectivity index (χ1n) is 12.7. The maximum Gasteiger partial charge on any atom is 0.415 e. The summed E-state index contributed by atoms with van der Waals surface area (Å²) in [5.41, 5.74) is -1.02. The molecule has 192 valence electrons. The van der Waals surface area contributed by atoms with E-state index in [1.165, 1.54) is 25.7 Å². The second-order valence-corrected chi connectivity index (χ2v) is 12.5. The van der Waals surface area contributed by atoms with Crippen molar-refractivity contribution in [3.05, 3.63) is 0 Å². The van der Waals surface area contributed by atoms with Crippen LogP contribution in [0.3, 0.4) is 0 Å². The molecule has 0 amide bonds. The van der Waals surface area contributed by atoms with Crippen molar-refractivity contribution in [1.82, 2.24) is 0 Å². The largest absolute Gasteiger partial charge is 0.460 e. The topological polar surface area (TPSA) is 91.3 Å². The zero-order valence-corrected chi connectivity index (χ0v) is 20.2. The van der Waals surface area contributed by atoms with E-state index in [4.69, 9.17) is 14.7 Å². The Morgan fingerprint density at radius 2 is 1.68 bits per heavy atom. The maximum atomic E-state index is 13.8. The molecule has 10 heteroatoms. The third kappa shape index (κ3) is 4.97. The lowest BCUT2D eigenvalue weighted by Gasteiger charge is -2.61. The van der Waals surface area contributed by atoms with Crippen LogP contribution in [-0.4, -0.2) is 34.7 Å². The van der Waals surface area contributed by atoms with Crippen LogP contribution in [0.25, 0.3) is 0 Å². The van der Waals surface area contributed by atoms with Crippen LogP contribution in [-0.2, 0) is 28.4 Å². The fourth-order valence-electron chi connectivity index (χ4n) is 8.43. The molecule has 0 radical (unpaired) electrons. The van der Waals surface area contributed by atoms with Crippen molar-refractivity contribution in [2.45, 2.75) is 94.3 Å². The van der Waals surface area contributed by atoms with Crippen LogP contribution in [0.1, 0.15) is 83.5 Å². The highest BCUT2D eigenvalue weighted by Crippen LogP contribution is 2.63. The highest BCUT2D eigenvalue weighted by atomic mass is 32.2. The van der Waals surface area contributed by atoms with Crippen molar-refractivity contribution in [3.63, 3.8) is 0 Å².